The highest BCUT2D eigenvalue weighted by Crippen LogP contribution is 2.78. The van der Waals surface area contributed by atoms with Gasteiger partial charge in [-0.25, -0.2) is 0 Å². The number of hydrogen-bond acceptors (Lipinski definition) is 3. The van der Waals surface area contributed by atoms with Crippen LogP contribution in [0.25, 0.3) is 0 Å². The average molecular weight is 352 g/mol. The molecule has 0 N–H and O–H groups in total. The molecule has 1 saturated heterocycles. The molecule has 6 rings (SSSR count). The molecule has 3 nitrogen and oxygen atoms in total. The van der Waals surface area contributed by atoms with E-state index in [1.54, 1.807) is 0 Å². The zero-order valence-electron chi connectivity index (χ0n) is 15.8. The highest BCUT2D eigenvalue weighted by molar-refractivity contribution is 5.92. The molecule has 26 heavy (non-hydrogen) atoms. The maximum absolute atomic E-state index is 12.1. The van der Waals surface area contributed by atoms with Gasteiger partial charge in [-0.1, -0.05) is 26.0 Å². The smallest absolute Gasteiger partial charge is 0.306 e. The number of carbonyl (C=O) groups is 2. The van der Waals surface area contributed by atoms with Crippen molar-refractivity contribution in [1.29, 1.82) is 0 Å². The Labute approximate surface area is 155 Å². The molecule has 0 aromatic heterocycles. The van der Waals surface area contributed by atoms with Crippen LogP contribution >= 0.6 is 0 Å². The summed E-state index contributed by atoms with van der Waals surface area (Å²) >= 11 is 0. The van der Waals surface area contributed by atoms with E-state index in [0.29, 0.717) is 42.3 Å². The van der Waals surface area contributed by atoms with Crippen LogP contribution < -0.4 is 0 Å². The van der Waals surface area contributed by atoms with Crippen LogP contribution in [0.1, 0.15) is 58.8 Å². The van der Waals surface area contributed by atoms with E-state index in [1.807, 2.05) is 6.08 Å². The van der Waals surface area contributed by atoms with Gasteiger partial charge in [0.25, 0.3) is 0 Å². The summed E-state index contributed by atoms with van der Waals surface area (Å²) < 4.78 is 6.14. The van der Waals surface area contributed by atoms with E-state index in [4.69, 9.17) is 4.74 Å². The Morgan fingerprint density at radius 2 is 1.92 bits per heavy atom. The minimum Gasteiger partial charge on any atom is -0.458 e. The first-order valence-electron chi connectivity index (χ1n) is 10.5. The SMILES string of the molecule is CC12CCC(=O)C=C1C=CC1C2CC[C@@]2(C)C1C1CC1[C@@]21CCC(=O)O1. The second kappa shape index (κ2) is 4.54. The molecule has 3 heteroatoms. The zero-order chi connectivity index (χ0) is 17.9. The fourth-order valence-corrected chi connectivity index (χ4v) is 8.36. The second-order valence-corrected chi connectivity index (χ2v) is 10.4. The Balaban J connectivity index is 1.44. The predicted octanol–water partition coefficient (Wildman–Crippen LogP) is 4.23. The molecule has 0 aromatic rings. The van der Waals surface area contributed by atoms with E-state index >= 15 is 0 Å². The molecule has 0 amide bonds. The van der Waals surface area contributed by atoms with E-state index in [1.165, 1.54) is 24.8 Å². The fourth-order valence-electron chi connectivity index (χ4n) is 8.36. The lowest BCUT2D eigenvalue weighted by Crippen LogP contribution is -2.56. The van der Waals surface area contributed by atoms with Gasteiger partial charge < -0.3 is 4.74 Å². The van der Waals surface area contributed by atoms with Crippen LogP contribution in [0.5, 0.6) is 0 Å². The van der Waals surface area contributed by atoms with Crippen LogP contribution in [0.3, 0.4) is 0 Å². The zero-order valence-corrected chi connectivity index (χ0v) is 15.8. The number of carbonyl (C=O) groups excluding carboxylic acids is 2. The van der Waals surface area contributed by atoms with Crippen LogP contribution in [-0.2, 0) is 14.3 Å². The van der Waals surface area contributed by atoms with Crippen LogP contribution in [-0.4, -0.2) is 17.4 Å². The summed E-state index contributed by atoms with van der Waals surface area (Å²) in [4.78, 5) is 24.0. The standard InChI is InChI=1S/C23H28O3/c1-21-8-5-14(24)11-13(21)3-4-15-17(21)6-9-22(2)20(15)16-12-18(16)23(22)10-7-19(25)26-23/h3-4,11,15-18,20H,5-10,12H2,1-2H3/t15?,16?,17?,18?,20?,21?,22-,23-/m0/s1. The Hall–Kier alpha value is -1.38. The monoisotopic (exact) mass is 352 g/mol. The average Bonchev–Trinajstić information content (AvgIpc) is 3.24. The van der Waals surface area contributed by atoms with Crippen LogP contribution in [0.4, 0.5) is 0 Å². The van der Waals surface area contributed by atoms with E-state index in [9.17, 15) is 9.59 Å². The number of fused-ring (bicyclic) bond motifs is 9. The van der Waals surface area contributed by atoms with Crippen molar-refractivity contribution in [3.05, 3.63) is 23.8 Å². The van der Waals surface area contributed by atoms with Crippen LogP contribution in [0, 0.1) is 40.4 Å². The number of ether oxygens (including phenoxy) is 1. The Morgan fingerprint density at radius 1 is 1.08 bits per heavy atom. The Kier molecular flexibility index (Phi) is 2.73. The first-order chi connectivity index (χ1) is 12.4. The number of esters is 1. The summed E-state index contributed by atoms with van der Waals surface area (Å²) in [6, 6.07) is 0. The van der Waals surface area contributed by atoms with E-state index in [-0.39, 0.29) is 22.4 Å². The molecule has 0 aromatic carbocycles. The van der Waals surface area contributed by atoms with Crippen molar-refractivity contribution in [2.45, 2.75) is 64.4 Å². The van der Waals surface area contributed by atoms with E-state index < -0.39 is 0 Å². The molecule has 6 aliphatic rings. The van der Waals surface area contributed by atoms with Gasteiger partial charge in [-0.3, -0.25) is 9.59 Å². The molecule has 1 aliphatic heterocycles. The number of ketones is 1. The summed E-state index contributed by atoms with van der Waals surface area (Å²) in [6.07, 6.45) is 13.5. The molecule has 1 heterocycles. The molecular weight excluding hydrogens is 324 g/mol. The van der Waals surface area contributed by atoms with Gasteiger partial charge in [0.15, 0.2) is 5.78 Å². The summed E-state index contributed by atoms with van der Waals surface area (Å²) in [5, 5.41) is 0. The molecule has 8 atom stereocenters. The first-order valence-corrected chi connectivity index (χ1v) is 10.5. The van der Waals surface area contributed by atoms with Crippen molar-refractivity contribution in [3.8, 4) is 0 Å². The minimum absolute atomic E-state index is 0.0295. The largest absolute Gasteiger partial charge is 0.458 e. The fraction of sp³-hybridized carbons (Fsp3) is 0.739. The van der Waals surface area contributed by atoms with Gasteiger partial charge in [-0.2, -0.15) is 0 Å². The van der Waals surface area contributed by atoms with Crippen LogP contribution in [0.2, 0.25) is 0 Å². The van der Waals surface area contributed by atoms with Gasteiger partial charge in [-0.05, 0) is 72.8 Å². The van der Waals surface area contributed by atoms with E-state index in [0.717, 1.165) is 18.8 Å². The van der Waals surface area contributed by atoms with Crippen molar-refractivity contribution in [2.24, 2.45) is 40.4 Å². The van der Waals surface area contributed by atoms with Gasteiger partial charge in [0.2, 0.25) is 0 Å². The van der Waals surface area contributed by atoms with Gasteiger partial charge in [0, 0.05) is 24.2 Å². The predicted molar refractivity (Wildman–Crippen MR) is 97.0 cm³/mol. The molecule has 138 valence electrons. The van der Waals surface area contributed by atoms with Gasteiger partial charge in [0.05, 0.1) is 0 Å². The lowest BCUT2D eigenvalue weighted by atomic mass is 9.47. The molecule has 5 aliphatic carbocycles. The third-order valence-corrected chi connectivity index (χ3v) is 9.64. The number of hydrogen-bond donors (Lipinski definition) is 0. The summed E-state index contributed by atoms with van der Waals surface area (Å²) in [5.41, 5.74) is 1.39. The van der Waals surface area contributed by atoms with Crippen LogP contribution in [0.15, 0.2) is 23.8 Å². The maximum Gasteiger partial charge on any atom is 0.306 e. The lowest BCUT2D eigenvalue weighted by molar-refractivity contribution is -0.172. The maximum atomic E-state index is 12.1. The van der Waals surface area contributed by atoms with E-state index in [2.05, 4.69) is 26.0 Å². The number of allylic oxidation sites excluding steroid dienone is 4. The molecule has 0 radical (unpaired) electrons. The molecule has 1 spiro atoms. The van der Waals surface area contributed by atoms with Gasteiger partial charge in [-0.15, -0.1) is 0 Å². The quantitative estimate of drug-likeness (QED) is 0.613. The lowest BCUT2D eigenvalue weighted by Gasteiger charge is -2.58. The second-order valence-electron chi connectivity index (χ2n) is 10.4. The van der Waals surface area contributed by atoms with Crippen molar-refractivity contribution in [2.75, 3.05) is 0 Å². The summed E-state index contributed by atoms with van der Waals surface area (Å²) in [6.45, 7) is 4.84. The highest BCUT2D eigenvalue weighted by Gasteiger charge is 2.78. The molecule has 4 fully saturated rings. The van der Waals surface area contributed by atoms with Crippen molar-refractivity contribution in [1.82, 2.24) is 0 Å². The van der Waals surface area contributed by atoms with Crippen molar-refractivity contribution < 1.29 is 14.3 Å². The first kappa shape index (κ1) is 15.7. The molecule has 6 unspecified atom stereocenters. The minimum atomic E-state index is -0.169. The highest BCUT2D eigenvalue weighted by atomic mass is 16.6. The summed E-state index contributed by atoms with van der Waals surface area (Å²) in [7, 11) is 0. The third-order valence-electron chi connectivity index (χ3n) is 9.64. The van der Waals surface area contributed by atoms with Gasteiger partial charge >= 0.3 is 5.97 Å². The Morgan fingerprint density at radius 3 is 2.69 bits per heavy atom. The normalized spacial score (nSPS) is 56.4. The Bertz CT molecular complexity index is 793. The molecule has 3 saturated carbocycles. The topological polar surface area (TPSA) is 43.4 Å². The summed E-state index contributed by atoms with van der Waals surface area (Å²) in [5.74, 6) is 3.53. The van der Waals surface area contributed by atoms with Gasteiger partial charge in [0.1, 0.15) is 5.60 Å². The third kappa shape index (κ3) is 1.59. The molecule has 0 bridgehead atoms. The van der Waals surface area contributed by atoms with Crippen molar-refractivity contribution >= 4 is 11.8 Å². The van der Waals surface area contributed by atoms with Crippen molar-refractivity contribution in [3.63, 3.8) is 0 Å². The molecular formula is C23H28O3. The number of rotatable bonds is 0.